The Morgan fingerprint density at radius 3 is 3.25 bits per heavy atom. The van der Waals surface area contributed by atoms with E-state index in [1.54, 1.807) is 6.20 Å². The maximum atomic E-state index is 5.17. The first-order valence-corrected chi connectivity index (χ1v) is 3.78. The van der Waals surface area contributed by atoms with Gasteiger partial charge >= 0.3 is 0 Å². The highest BCUT2D eigenvalue weighted by Crippen LogP contribution is 2.29. The summed E-state index contributed by atoms with van der Waals surface area (Å²) in [6.45, 7) is 2.24. The van der Waals surface area contributed by atoms with Gasteiger partial charge in [-0.15, -0.1) is 0 Å². The van der Waals surface area contributed by atoms with Crippen molar-refractivity contribution in [2.24, 2.45) is 0 Å². The molecule has 0 saturated heterocycles. The Kier molecular flexibility index (Phi) is 1.70. The molecule has 1 aliphatic rings. The van der Waals surface area contributed by atoms with E-state index >= 15 is 0 Å². The third-order valence-corrected chi connectivity index (χ3v) is 1.61. The summed E-state index contributed by atoms with van der Waals surface area (Å²) in [6, 6.07) is 1.91. The zero-order valence-corrected chi connectivity index (χ0v) is 6.78. The lowest BCUT2D eigenvalue weighted by Gasteiger charge is -1.95. The molecule has 3 nitrogen and oxygen atoms in total. The summed E-state index contributed by atoms with van der Waals surface area (Å²) in [4.78, 5) is 4.08. The summed E-state index contributed by atoms with van der Waals surface area (Å²) < 4.78 is 10.2. The van der Waals surface area contributed by atoms with Crippen molar-refractivity contribution >= 4 is 6.08 Å². The molecule has 2 heterocycles. The largest absolute Gasteiger partial charge is 0.452 e. The molecule has 0 aliphatic carbocycles. The van der Waals surface area contributed by atoms with E-state index in [4.69, 9.17) is 9.47 Å². The molecule has 0 unspecified atom stereocenters. The van der Waals surface area contributed by atoms with E-state index in [-0.39, 0.29) is 6.79 Å². The number of rotatable bonds is 1. The van der Waals surface area contributed by atoms with Gasteiger partial charge in [-0.1, -0.05) is 12.2 Å². The summed E-state index contributed by atoms with van der Waals surface area (Å²) >= 11 is 0. The Hall–Kier alpha value is -1.51. The van der Waals surface area contributed by atoms with Gasteiger partial charge in [-0.25, -0.2) is 4.98 Å². The van der Waals surface area contributed by atoms with E-state index < -0.39 is 0 Å². The van der Waals surface area contributed by atoms with E-state index in [2.05, 4.69) is 4.98 Å². The first-order chi connectivity index (χ1) is 5.90. The Morgan fingerprint density at radius 1 is 1.50 bits per heavy atom. The third kappa shape index (κ3) is 1.13. The van der Waals surface area contributed by atoms with Gasteiger partial charge < -0.3 is 9.47 Å². The van der Waals surface area contributed by atoms with Crippen LogP contribution in [0.4, 0.5) is 0 Å². The van der Waals surface area contributed by atoms with Crippen molar-refractivity contribution in [1.82, 2.24) is 4.98 Å². The van der Waals surface area contributed by atoms with Gasteiger partial charge in [0.25, 0.3) is 5.88 Å². The zero-order chi connectivity index (χ0) is 8.39. The minimum atomic E-state index is 0.279. The Morgan fingerprint density at radius 2 is 2.42 bits per heavy atom. The molecule has 1 aromatic heterocycles. The molecule has 0 amide bonds. The van der Waals surface area contributed by atoms with Crippen LogP contribution >= 0.6 is 0 Å². The maximum absolute atomic E-state index is 5.17. The SMILES string of the molecule is C/C=C/c1cnc2c(c1)OCO2. The van der Waals surface area contributed by atoms with Crippen molar-refractivity contribution in [2.45, 2.75) is 6.92 Å². The van der Waals surface area contributed by atoms with E-state index in [0.717, 1.165) is 11.3 Å². The number of hydrogen-bond donors (Lipinski definition) is 0. The van der Waals surface area contributed by atoms with E-state index in [1.807, 2.05) is 25.1 Å². The maximum Gasteiger partial charge on any atom is 0.260 e. The zero-order valence-electron chi connectivity index (χ0n) is 6.78. The fourth-order valence-electron chi connectivity index (χ4n) is 1.09. The minimum absolute atomic E-state index is 0.279. The molecule has 0 spiro atoms. The molecule has 0 N–H and O–H groups in total. The van der Waals surface area contributed by atoms with Crippen LogP contribution in [0.5, 0.6) is 11.6 Å². The fourth-order valence-corrected chi connectivity index (χ4v) is 1.09. The predicted molar refractivity (Wildman–Crippen MR) is 45.1 cm³/mol. The van der Waals surface area contributed by atoms with Gasteiger partial charge in [0.05, 0.1) is 0 Å². The summed E-state index contributed by atoms with van der Waals surface area (Å²) in [7, 11) is 0. The number of hydrogen-bond acceptors (Lipinski definition) is 3. The van der Waals surface area contributed by atoms with Crippen molar-refractivity contribution in [3.05, 3.63) is 23.9 Å². The molecule has 0 atom stereocenters. The second-order valence-electron chi connectivity index (χ2n) is 2.48. The van der Waals surface area contributed by atoms with Crippen molar-refractivity contribution < 1.29 is 9.47 Å². The molecule has 0 aromatic carbocycles. The van der Waals surface area contributed by atoms with Crippen LogP contribution < -0.4 is 9.47 Å². The predicted octanol–water partition coefficient (Wildman–Crippen LogP) is 1.84. The lowest BCUT2D eigenvalue weighted by atomic mass is 10.2. The summed E-state index contributed by atoms with van der Waals surface area (Å²) in [5.41, 5.74) is 1.03. The van der Waals surface area contributed by atoms with Crippen LogP contribution in [0, 0.1) is 0 Å². The first-order valence-electron chi connectivity index (χ1n) is 3.78. The first kappa shape index (κ1) is 7.16. The molecule has 12 heavy (non-hydrogen) atoms. The lowest BCUT2D eigenvalue weighted by Crippen LogP contribution is -1.93. The van der Waals surface area contributed by atoms with E-state index in [9.17, 15) is 0 Å². The molecule has 62 valence electrons. The molecular weight excluding hydrogens is 154 g/mol. The molecule has 0 saturated carbocycles. The number of ether oxygens (including phenoxy) is 2. The molecule has 3 heteroatoms. The highest BCUT2D eigenvalue weighted by Gasteiger charge is 2.13. The topological polar surface area (TPSA) is 31.4 Å². The Bertz CT molecular complexity index is 320. The smallest absolute Gasteiger partial charge is 0.260 e. The summed E-state index contributed by atoms with van der Waals surface area (Å²) in [5.74, 6) is 1.31. The van der Waals surface area contributed by atoms with Gasteiger partial charge in [0, 0.05) is 6.20 Å². The van der Waals surface area contributed by atoms with Crippen LogP contribution in [0.3, 0.4) is 0 Å². The molecule has 0 bridgehead atoms. The molecule has 0 radical (unpaired) electrons. The number of allylic oxidation sites excluding steroid dienone is 1. The number of pyridine rings is 1. The Labute approximate surface area is 70.6 Å². The van der Waals surface area contributed by atoms with Crippen molar-refractivity contribution in [3.63, 3.8) is 0 Å². The highest BCUT2D eigenvalue weighted by atomic mass is 16.7. The van der Waals surface area contributed by atoms with Gasteiger partial charge in [-0.2, -0.15) is 0 Å². The van der Waals surface area contributed by atoms with Crippen LogP contribution in [0.25, 0.3) is 6.08 Å². The summed E-state index contributed by atoms with van der Waals surface area (Å²) in [5, 5.41) is 0. The second-order valence-corrected chi connectivity index (χ2v) is 2.48. The monoisotopic (exact) mass is 163 g/mol. The van der Waals surface area contributed by atoms with Crippen molar-refractivity contribution in [2.75, 3.05) is 6.79 Å². The van der Waals surface area contributed by atoms with Gasteiger partial charge in [-0.3, -0.25) is 0 Å². The molecule has 2 rings (SSSR count). The van der Waals surface area contributed by atoms with E-state index in [0.29, 0.717) is 5.88 Å². The highest BCUT2D eigenvalue weighted by molar-refractivity contribution is 5.52. The average Bonchev–Trinajstić information content (AvgIpc) is 2.51. The number of fused-ring (bicyclic) bond motifs is 1. The number of nitrogens with zero attached hydrogens (tertiary/aromatic N) is 1. The quantitative estimate of drug-likeness (QED) is 0.633. The molecule has 1 aliphatic heterocycles. The molecule has 1 aromatic rings. The van der Waals surface area contributed by atoms with Crippen molar-refractivity contribution in [3.8, 4) is 11.6 Å². The average molecular weight is 163 g/mol. The second kappa shape index (κ2) is 2.85. The van der Waals surface area contributed by atoms with E-state index in [1.165, 1.54) is 0 Å². The minimum Gasteiger partial charge on any atom is -0.452 e. The Balaban J connectivity index is 2.38. The van der Waals surface area contributed by atoms with Crippen LogP contribution in [0.15, 0.2) is 18.3 Å². The fraction of sp³-hybridized carbons (Fsp3) is 0.222. The summed E-state index contributed by atoms with van der Waals surface area (Å²) in [6.07, 6.45) is 5.68. The van der Waals surface area contributed by atoms with Gasteiger partial charge in [0.2, 0.25) is 6.79 Å². The van der Waals surface area contributed by atoms with Gasteiger partial charge in [0.1, 0.15) is 0 Å². The van der Waals surface area contributed by atoms with Crippen LogP contribution in [-0.2, 0) is 0 Å². The molecule has 0 fully saturated rings. The standard InChI is InChI=1S/C9H9NO2/c1-2-3-7-4-8-9(10-5-7)12-6-11-8/h2-5H,6H2,1H3/b3-2+. The number of aromatic nitrogens is 1. The van der Waals surface area contributed by atoms with Gasteiger partial charge in [0.15, 0.2) is 5.75 Å². The van der Waals surface area contributed by atoms with Crippen LogP contribution in [0.1, 0.15) is 12.5 Å². The third-order valence-electron chi connectivity index (χ3n) is 1.61. The van der Waals surface area contributed by atoms with Crippen LogP contribution in [0.2, 0.25) is 0 Å². The van der Waals surface area contributed by atoms with Gasteiger partial charge in [-0.05, 0) is 18.6 Å². The van der Waals surface area contributed by atoms with Crippen LogP contribution in [-0.4, -0.2) is 11.8 Å². The lowest BCUT2D eigenvalue weighted by molar-refractivity contribution is 0.171. The van der Waals surface area contributed by atoms with Crippen molar-refractivity contribution in [1.29, 1.82) is 0 Å². The normalized spacial score (nSPS) is 14.1. The molecular formula is C9H9NO2.